The maximum atomic E-state index is 13.7. The highest BCUT2D eigenvalue weighted by atomic mass is 16.4. The van der Waals surface area contributed by atoms with Gasteiger partial charge in [0.1, 0.15) is 18.1 Å². The second kappa shape index (κ2) is 13.0. The number of rotatable bonds is 12. The zero-order valence-corrected chi connectivity index (χ0v) is 23.8. The molecule has 13 heteroatoms. The Balaban J connectivity index is 1.37. The van der Waals surface area contributed by atoms with Gasteiger partial charge in [-0.3, -0.25) is 19.2 Å². The molecule has 5 rings (SSSR count). The van der Waals surface area contributed by atoms with Crippen LogP contribution in [0.5, 0.6) is 0 Å². The molecular formula is C31H34N6O7. The number of likely N-dealkylation sites (tertiary alicyclic amines) is 1. The van der Waals surface area contributed by atoms with Crippen molar-refractivity contribution in [2.75, 3.05) is 6.54 Å². The van der Waals surface area contributed by atoms with E-state index in [2.05, 4.69) is 20.6 Å². The Morgan fingerprint density at radius 2 is 1.41 bits per heavy atom. The van der Waals surface area contributed by atoms with Crippen LogP contribution in [0.4, 0.5) is 0 Å². The molecule has 0 aliphatic carbocycles. The van der Waals surface area contributed by atoms with E-state index in [1.165, 1.54) is 0 Å². The van der Waals surface area contributed by atoms with E-state index in [-0.39, 0.29) is 25.8 Å². The van der Waals surface area contributed by atoms with Gasteiger partial charge in [0.25, 0.3) is 0 Å². The molecule has 0 bridgehead atoms. The highest BCUT2D eigenvalue weighted by molar-refractivity contribution is 5.96. The molecule has 4 unspecified atom stereocenters. The van der Waals surface area contributed by atoms with Crippen molar-refractivity contribution in [1.29, 1.82) is 0 Å². The molecule has 1 saturated heterocycles. The summed E-state index contributed by atoms with van der Waals surface area (Å²) in [5.74, 6) is -4.77. The first-order valence-electron chi connectivity index (χ1n) is 14.3. The van der Waals surface area contributed by atoms with Gasteiger partial charge in [-0.2, -0.15) is 0 Å². The van der Waals surface area contributed by atoms with Crippen LogP contribution in [0.3, 0.4) is 0 Å². The lowest BCUT2D eigenvalue weighted by Crippen LogP contribution is -2.58. The molecule has 4 atom stereocenters. The van der Waals surface area contributed by atoms with Crippen LogP contribution < -0.4 is 16.4 Å². The number of carboxylic acid groups (broad SMARTS) is 2. The number of carboxylic acids is 2. The monoisotopic (exact) mass is 602 g/mol. The molecule has 1 fully saturated rings. The molecule has 2 aromatic carbocycles. The molecule has 230 valence electrons. The lowest BCUT2D eigenvalue weighted by Gasteiger charge is -2.28. The largest absolute Gasteiger partial charge is 0.481 e. The van der Waals surface area contributed by atoms with Crippen molar-refractivity contribution in [1.82, 2.24) is 25.5 Å². The topological polar surface area (TPSA) is 211 Å². The number of aliphatic carboxylic acids is 2. The minimum absolute atomic E-state index is 0.0108. The van der Waals surface area contributed by atoms with Crippen molar-refractivity contribution in [3.05, 3.63) is 72.1 Å². The molecular weight excluding hydrogens is 568 g/mol. The van der Waals surface area contributed by atoms with Gasteiger partial charge >= 0.3 is 11.9 Å². The van der Waals surface area contributed by atoms with Gasteiger partial charge in [0, 0.05) is 47.2 Å². The number of hydrogen-bond acceptors (Lipinski definition) is 6. The van der Waals surface area contributed by atoms with Gasteiger partial charge < -0.3 is 41.4 Å². The summed E-state index contributed by atoms with van der Waals surface area (Å²) in [5.41, 5.74) is 9.54. The number of aromatic amines is 2. The van der Waals surface area contributed by atoms with E-state index < -0.39 is 60.2 Å². The van der Waals surface area contributed by atoms with Crippen LogP contribution in [0.1, 0.15) is 30.4 Å². The van der Waals surface area contributed by atoms with Gasteiger partial charge in [-0.1, -0.05) is 36.4 Å². The number of hydrogen-bond donors (Lipinski definition) is 7. The van der Waals surface area contributed by atoms with Crippen LogP contribution >= 0.6 is 0 Å². The van der Waals surface area contributed by atoms with Crippen LogP contribution in [-0.2, 0) is 36.8 Å². The Hall–Kier alpha value is -5.17. The Morgan fingerprint density at radius 1 is 0.841 bits per heavy atom. The lowest BCUT2D eigenvalue weighted by molar-refractivity contribution is -0.150. The van der Waals surface area contributed by atoms with E-state index in [4.69, 9.17) is 5.73 Å². The molecule has 8 N–H and O–H groups in total. The summed E-state index contributed by atoms with van der Waals surface area (Å²) in [6.45, 7) is 0.125. The first-order chi connectivity index (χ1) is 21.1. The predicted molar refractivity (Wildman–Crippen MR) is 160 cm³/mol. The fourth-order valence-electron chi connectivity index (χ4n) is 5.77. The second-order valence-electron chi connectivity index (χ2n) is 11.0. The normalized spacial score (nSPS) is 16.8. The molecule has 2 aromatic heterocycles. The number of fused-ring (bicyclic) bond motifs is 2. The number of nitrogens with zero attached hydrogens (tertiary/aromatic N) is 1. The third-order valence-electron chi connectivity index (χ3n) is 8.00. The smallest absolute Gasteiger partial charge is 0.326 e. The Kier molecular flexibility index (Phi) is 8.95. The van der Waals surface area contributed by atoms with Crippen molar-refractivity contribution < 1.29 is 34.2 Å². The molecule has 1 aliphatic heterocycles. The number of nitrogens with one attached hydrogen (secondary N) is 4. The molecule has 3 amide bonds. The standard InChI is InChI=1S/C31H34N6O7/c32-21(12-17-15-33-22-8-3-1-6-19(17)22)28(40)35-24(13-18-16-34-23-9-4-2-7-20(18)23)29(41)36-25(14-27(38)39)30(42)37-11-5-10-26(37)31(43)44/h1-4,6-9,15-16,21,24-26,33-34H,5,10-14,32H2,(H,35,40)(H,36,41)(H,38,39)(H,43,44). The van der Waals surface area contributed by atoms with E-state index in [9.17, 15) is 34.2 Å². The number of H-pyrrole nitrogens is 2. The number of para-hydroxylation sites is 2. The number of aromatic nitrogens is 2. The minimum atomic E-state index is -1.54. The minimum Gasteiger partial charge on any atom is -0.481 e. The highest BCUT2D eigenvalue weighted by Crippen LogP contribution is 2.22. The summed E-state index contributed by atoms with van der Waals surface area (Å²) in [5, 5.41) is 26.0. The molecule has 0 radical (unpaired) electrons. The van der Waals surface area contributed by atoms with E-state index in [0.29, 0.717) is 12.0 Å². The van der Waals surface area contributed by atoms with Crippen molar-refractivity contribution in [2.45, 2.75) is 56.3 Å². The fourth-order valence-corrected chi connectivity index (χ4v) is 5.77. The SMILES string of the molecule is NC(Cc1c[nH]c2ccccc12)C(=O)NC(Cc1c[nH]c2ccccc12)C(=O)NC(CC(=O)O)C(=O)N1CCCC1C(=O)O. The van der Waals surface area contributed by atoms with Gasteiger partial charge in [0.05, 0.1) is 12.5 Å². The zero-order valence-electron chi connectivity index (χ0n) is 23.8. The average Bonchev–Trinajstić information content (AvgIpc) is 3.75. The van der Waals surface area contributed by atoms with Crippen molar-refractivity contribution in [3.8, 4) is 0 Å². The molecule has 3 heterocycles. The predicted octanol–water partition coefficient (Wildman–Crippen LogP) is 1.28. The fraction of sp³-hybridized carbons (Fsp3) is 0.323. The van der Waals surface area contributed by atoms with Gasteiger partial charge in [-0.15, -0.1) is 0 Å². The van der Waals surface area contributed by atoms with Crippen LogP contribution in [0.15, 0.2) is 60.9 Å². The van der Waals surface area contributed by atoms with Gasteiger partial charge in [0.15, 0.2) is 0 Å². The lowest BCUT2D eigenvalue weighted by atomic mass is 10.0. The maximum Gasteiger partial charge on any atom is 0.326 e. The van der Waals surface area contributed by atoms with E-state index in [1.807, 2.05) is 48.5 Å². The number of benzene rings is 2. The summed E-state index contributed by atoms with van der Waals surface area (Å²) in [6.07, 6.45) is 3.58. The quantitative estimate of drug-likeness (QED) is 0.125. The summed E-state index contributed by atoms with van der Waals surface area (Å²) >= 11 is 0. The van der Waals surface area contributed by atoms with Crippen LogP contribution in [0, 0.1) is 0 Å². The maximum absolute atomic E-state index is 13.7. The summed E-state index contributed by atoms with van der Waals surface area (Å²) < 4.78 is 0. The van der Waals surface area contributed by atoms with E-state index in [1.54, 1.807) is 12.4 Å². The average molecular weight is 603 g/mol. The molecule has 13 nitrogen and oxygen atoms in total. The van der Waals surface area contributed by atoms with Crippen LogP contribution in [-0.4, -0.2) is 85.5 Å². The zero-order chi connectivity index (χ0) is 31.4. The van der Waals surface area contributed by atoms with Crippen LogP contribution in [0.2, 0.25) is 0 Å². The Morgan fingerprint density at radius 3 is 2.00 bits per heavy atom. The van der Waals surface area contributed by atoms with Crippen molar-refractivity contribution in [2.24, 2.45) is 5.73 Å². The van der Waals surface area contributed by atoms with E-state index in [0.717, 1.165) is 32.3 Å². The summed E-state index contributed by atoms with van der Waals surface area (Å²) in [7, 11) is 0. The number of amides is 3. The number of nitrogens with two attached hydrogens (primary N) is 1. The molecule has 1 aliphatic rings. The second-order valence-corrected chi connectivity index (χ2v) is 11.0. The Labute approximate surface area is 251 Å². The molecule has 4 aromatic rings. The first kappa shape index (κ1) is 30.3. The Bertz CT molecular complexity index is 1710. The van der Waals surface area contributed by atoms with Gasteiger partial charge in [0.2, 0.25) is 17.7 Å². The summed E-state index contributed by atoms with van der Waals surface area (Å²) in [4.78, 5) is 71.1. The highest BCUT2D eigenvalue weighted by Gasteiger charge is 2.39. The van der Waals surface area contributed by atoms with Crippen molar-refractivity contribution >= 4 is 51.5 Å². The summed E-state index contributed by atoms with van der Waals surface area (Å²) in [6, 6.07) is 10.1. The van der Waals surface area contributed by atoms with E-state index >= 15 is 0 Å². The van der Waals surface area contributed by atoms with Crippen molar-refractivity contribution in [3.63, 3.8) is 0 Å². The number of carbonyl (C=O) groups excluding carboxylic acids is 3. The third-order valence-corrected chi connectivity index (χ3v) is 8.00. The van der Waals surface area contributed by atoms with Crippen LogP contribution in [0.25, 0.3) is 21.8 Å². The van der Waals surface area contributed by atoms with Gasteiger partial charge in [-0.05, 0) is 42.5 Å². The molecule has 0 spiro atoms. The first-order valence-corrected chi connectivity index (χ1v) is 14.3. The van der Waals surface area contributed by atoms with Gasteiger partial charge in [-0.25, -0.2) is 4.79 Å². The number of carbonyl (C=O) groups is 5. The molecule has 0 saturated carbocycles. The molecule has 44 heavy (non-hydrogen) atoms. The third kappa shape index (κ3) is 6.57.